The quantitative estimate of drug-likeness (QED) is 0.839. The summed E-state index contributed by atoms with van der Waals surface area (Å²) in [6, 6.07) is 6.89. The predicted molar refractivity (Wildman–Crippen MR) is 89.0 cm³/mol. The largest absolute Gasteiger partial charge is 0.367 e. The van der Waals surface area contributed by atoms with Crippen molar-refractivity contribution in [2.24, 2.45) is 0 Å². The number of hydrogen-bond acceptors (Lipinski definition) is 2. The second-order valence-electron chi connectivity index (χ2n) is 6.44. The lowest BCUT2D eigenvalue weighted by molar-refractivity contribution is 0.461. The standard InChI is InChI=1S/C18H27N3/c1-3-9-14(2)17-18(19-15-10-5-4-6-11-15)21-13-8-7-12-16(21)20-17/h7-8,12-15,19H,3-6,9-11H2,1-2H3. The van der Waals surface area contributed by atoms with Crippen LogP contribution in [0.2, 0.25) is 0 Å². The zero-order chi connectivity index (χ0) is 14.7. The maximum Gasteiger partial charge on any atom is 0.138 e. The van der Waals surface area contributed by atoms with Crippen molar-refractivity contribution in [3.8, 4) is 0 Å². The predicted octanol–water partition coefficient (Wildman–Crippen LogP) is 4.98. The third-order valence-electron chi connectivity index (χ3n) is 4.69. The molecule has 1 atom stereocenters. The Labute approximate surface area is 127 Å². The van der Waals surface area contributed by atoms with Crippen molar-refractivity contribution in [2.45, 2.75) is 70.8 Å². The number of hydrogen-bond donors (Lipinski definition) is 1. The minimum atomic E-state index is 0.515. The maximum atomic E-state index is 4.90. The van der Waals surface area contributed by atoms with Crippen molar-refractivity contribution in [2.75, 3.05) is 5.32 Å². The summed E-state index contributed by atoms with van der Waals surface area (Å²) >= 11 is 0. The molecule has 1 N–H and O–H groups in total. The Morgan fingerprint density at radius 1 is 1.29 bits per heavy atom. The van der Waals surface area contributed by atoms with Gasteiger partial charge in [-0.3, -0.25) is 4.40 Å². The second-order valence-corrected chi connectivity index (χ2v) is 6.44. The Kier molecular flexibility index (Phi) is 4.47. The SMILES string of the molecule is CCCC(C)c1nc2ccccn2c1NC1CCCCC1. The average molecular weight is 285 g/mol. The fraction of sp³-hybridized carbons (Fsp3) is 0.611. The monoisotopic (exact) mass is 285 g/mol. The first-order chi connectivity index (χ1) is 10.3. The molecule has 0 saturated heterocycles. The van der Waals surface area contributed by atoms with Gasteiger partial charge in [0, 0.05) is 18.2 Å². The number of fused-ring (bicyclic) bond motifs is 1. The van der Waals surface area contributed by atoms with Gasteiger partial charge >= 0.3 is 0 Å². The van der Waals surface area contributed by atoms with Crippen LogP contribution < -0.4 is 5.32 Å². The Morgan fingerprint density at radius 2 is 2.10 bits per heavy atom. The Balaban J connectivity index is 1.94. The molecule has 1 saturated carbocycles. The number of nitrogens with zero attached hydrogens (tertiary/aromatic N) is 2. The third kappa shape index (κ3) is 3.07. The summed E-state index contributed by atoms with van der Waals surface area (Å²) in [7, 11) is 0. The van der Waals surface area contributed by atoms with Crippen LogP contribution in [-0.2, 0) is 0 Å². The Hall–Kier alpha value is -1.51. The van der Waals surface area contributed by atoms with E-state index in [9.17, 15) is 0 Å². The number of nitrogens with one attached hydrogen (secondary N) is 1. The topological polar surface area (TPSA) is 29.3 Å². The first-order valence-corrected chi connectivity index (χ1v) is 8.53. The van der Waals surface area contributed by atoms with Gasteiger partial charge in [0.2, 0.25) is 0 Å². The van der Waals surface area contributed by atoms with Crippen LogP contribution >= 0.6 is 0 Å². The van der Waals surface area contributed by atoms with Gasteiger partial charge in [-0.25, -0.2) is 4.98 Å². The fourth-order valence-electron chi connectivity index (χ4n) is 3.51. The van der Waals surface area contributed by atoms with Crippen LogP contribution in [0.1, 0.15) is 70.4 Å². The van der Waals surface area contributed by atoms with Gasteiger partial charge in [-0.15, -0.1) is 0 Å². The van der Waals surface area contributed by atoms with Gasteiger partial charge in [-0.2, -0.15) is 0 Å². The molecule has 0 aromatic carbocycles. The van der Waals surface area contributed by atoms with Crippen molar-refractivity contribution < 1.29 is 0 Å². The van der Waals surface area contributed by atoms with E-state index in [0.29, 0.717) is 12.0 Å². The van der Waals surface area contributed by atoms with E-state index in [0.717, 1.165) is 5.65 Å². The molecule has 1 fully saturated rings. The number of anilines is 1. The van der Waals surface area contributed by atoms with Crippen LogP contribution in [0.15, 0.2) is 24.4 Å². The second kappa shape index (κ2) is 6.50. The molecule has 3 heteroatoms. The summed E-state index contributed by atoms with van der Waals surface area (Å²) in [5, 5.41) is 3.81. The molecule has 3 nitrogen and oxygen atoms in total. The molecule has 0 amide bonds. The van der Waals surface area contributed by atoms with Crippen LogP contribution in [0.25, 0.3) is 5.65 Å². The minimum Gasteiger partial charge on any atom is -0.367 e. The molecule has 21 heavy (non-hydrogen) atoms. The molecular formula is C18H27N3. The smallest absolute Gasteiger partial charge is 0.138 e. The first kappa shape index (κ1) is 14.4. The molecule has 0 aliphatic heterocycles. The van der Waals surface area contributed by atoms with Crippen LogP contribution in [0.5, 0.6) is 0 Å². The normalized spacial score (nSPS) is 18.0. The highest BCUT2D eigenvalue weighted by Gasteiger charge is 2.21. The maximum absolute atomic E-state index is 4.90. The molecule has 2 aromatic rings. The lowest BCUT2D eigenvalue weighted by atomic mass is 9.95. The van der Waals surface area contributed by atoms with E-state index < -0.39 is 0 Å². The van der Waals surface area contributed by atoms with Crippen LogP contribution in [0.3, 0.4) is 0 Å². The third-order valence-corrected chi connectivity index (χ3v) is 4.69. The van der Waals surface area contributed by atoms with Crippen molar-refractivity contribution in [3.05, 3.63) is 30.1 Å². The Morgan fingerprint density at radius 3 is 2.86 bits per heavy atom. The van der Waals surface area contributed by atoms with E-state index in [2.05, 4.69) is 48.0 Å². The number of aromatic nitrogens is 2. The molecule has 0 radical (unpaired) electrons. The number of imidazole rings is 1. The lowest BCUT2D eigenvalue weighted by Gasteiger charge is -2.24. The summed E-state index contributed by atoms with van der Waals surface area (Å²) in [5.74, 6) is 1.75. The van der Waals surface area contributed by atoms with Gasteiger partial charge in [0.15, 0.2) is 0 Å². The lowest BCUT2D eigenvalue weighted by Crippen LogP contribution is -2.24. The van der Waals surface area contributed by atoms with E-state index in [1.54, 1.807) is 0 Å². The molecular weight excluding hydrogens is 258 g/mol. The van der Waals surface area contributed by atoms with Gasteiger partial charge in [-0.1, -0.05) is 45.6 Å². The van der Waals surface area contributed by atoms with E-state index >= 15 is 0 Å². The molecule has 2 aromatic heterocycles. The molecule has 1 aliphatic rings. The van der Waals surface area contributed by atoms with E-state index in [1.165, 1.54) is 56.5 Å². The molecule has 0 spiro atoms. The van der Waals surface area contributed by atoms with Crippen LogP contribution in [-0.4, -0.2) is 15.4 Å². The Bertz CT molecular complexity index is 581. The molecule has 114 valence electrons. The highest BCUT2D eigenvalue weighted by atomic mass is 15.1. The number of rotatable bonds is 5. The molecule has 2 heterocycles. The van der Waals surface area contributed by atoms with Crippen molar-refractivity contribution >= 4 is 11.5 Å². The van der Waals surface area contributed by atoms with E-state index in [1.807, 2.05) is 0 Å². The van der Waals surface area contributed by atoms with Gasteiger partial charge in [-0.05, 0) is 31.4 Å². The molecule has 0 bridgehead atoms. The van der Waals surface area contributed by atoms with Gasteiger partial charge in [0.05, 0.1) is 5.69 Å². The van der Waals surface area contributed by atoms with Crippen molar-refractivity contribution in [1.82, 2.24) is 9.38 Å². The van der Waals surface area contributed by atoms with Crippen LogP contribution in [0.4, 0.5) is 5.82 Å². The zero-order valence-electron chi connectivity index (χ0n) is 13.3. The minimum absolute atomic E-state index is 0.515. The van der Waals surface area contributed by atoms with Crippen molar-refractivity contribution in [3.63, 3.8) is 0 Å². The first-order valence-electron chi connectivity index (χ1n) is 8.53. The fourth-order valence-corrected chi connectivity index (χ4v) is 3.51. The average Bonchev–Trinajstić information content (AvgIpc) is 2.88. The van der Waals surface area contributed by atoms with Gasteiger partial charge in [0.1, 0.15) is 11.5 Å². The summed E-state index contributed by atoms with van der Waals surface area (Å²) in [5.41, 5.74) is 2.31. The highest BCUT2D eigenvalue weighted by Crippen LogP contribution is 2.31. The van der Waals surface area contributed by atoms with Gasteiger partial charge < -0.3 is 5.32 Å². The summed E-state index contributed by atoms with van der Waals surface area (Å²) in [6.45, 7) is 4.55. The highest BCUT2D eigenvalue weighted by molar-refractivity contribution is 5.56. The molecule has 1 unspecified atom stereocenters. The van der Waals surface area contributed by atoms with Crippen molar-refractivity contribution in [1.29, 1.82) is 0 Å². The van der Waals surface area contributed by atoms with E-state index in [-0.39, 0.29) is 0 Å². The zero-order valence-corrected chi connectivity index (χ0v) is 13.3. The molecule has 1 aliphatic carbocycles. The summed E-state index contributed by atoms with van der Waals surface area (Å²) in [6.07, 6.45) is 11.2. The summed E-state index contributed by atoms with van der Waals surface area (Å²) < 4.78 is 2.23. The van der Waals surface area contributed by atoms with E-state index in [4.69, 9.17) is 4.98 Å². The molecule has 3 rings (SSSR count). The summed E-state index contributed by atoms with van der Waals surface area (Å²) in [4.78, 5) is 4.90. The van der Waals surface area contributed by atoms with Crippen LogP contribution in [0, 0.1) is 0 Å². The van der Waals surface area contributed by atoms with Gasteiger partial charge in [0.25, 0.3) is 0 Å². The number of pyridine rings is 1.